The van der Waals surface area contributed by atoms with Crippen molar-refractivity contribution in [3.8, 4) is 0 Å². The van der Waals surface area contributed by atoms with Gasteiger partial charge in [-0.1, -0.05) is 24.3 Å². The monoisotopic (exact) mass is 478 g/mol. The molecule has 0 saturated heterocycles. The van der Waals surface area contributed by atoms with Crippen LogP contribution in [0.2, 0.25) is 0 Å². The Morgan fingerprint density at radius 3 is 2.58 bits per heavy atom. The topological polar surface area (TPSA) is 58.1 Å². The van der Waals surface area contributed by atoms with Gasteiger partial charge in [-0.3, -0.25) is 0 Å². The Balaban J connectivity index is 0.00000625. The van der Waals surface area contributed by atoms with Crippen molar-refractivity contribution in [2.24, 2.45) is 4.99 Å². The van der Waals surface area contributed by atoms with E-state index in [9.17, 15) is 0 Å². The minimum absolute atomic E-state index is 0. The Kier molecular flexibility index (Phi) is 15.7. The van der Waals surface area contributed by atoms with Crippen molar-refractivity contribution < 1.29 is 9.47 Å². The fourth-order valence-corrected chi connectivity index (χ4v) is 2.45. The lowest BCUT2D eigenvalue weighted by atomic mass is 10.1. The molecule has 150 valence electrons. The molecule has 0 heterocycles. The molecule has 1 rings (SSSR count). The van der Waals surface area contributed by atoms with Crippen molar-refractivity contribution in [2.75, 3.05) is 54.1 Å². The first-order valence-electron chi connectivity index (χ1n) is 8.96. The lowest BCUT2D eigenvalue weighted by molar-refractivity contribution is 0.180. The summed E-state index contributed by atoms with van der Waals surface area (Å²) in [5.74, 6) is 0.852. The van der Waals surface area contributed by atoms with E-state index in [0.29, 0.717) is 13.2 Å². The first-order chi connectivity index (χ1) is 12.2. The molecule has 7 heteroatoms. The van der Waals surface area contributed by atoms with E-state index < -0.39 is 0 Å². The molecule has 26 heavy (non-hydrogen) atoms. The van der Waals surface area contributed by atoms with Gasteiger partial charge in [0.15, 0.2) is 5.96 Å². The van der Waals surface area contributed by atoms with Gasteiger partial charge in [0.1, 0.15) is 0 Å². The second kappa shape index (κ2) is 16.3. The molecular formula is C19H35IN4O2. The summed E-state index contributed by atoms with van der Waals surface area (Å²) >= 11 is 0. The molecule has 0 unspecified atom stereocenters. The second-order valence-electron chi connectivity index (χ2n) is 6.02. The van der Waals surface area contributed by atoms with E-state index in [2.05, 4.69) is 58.8 Å². The number of nitrogens with zero attached hydrogens (tertiary/aromatic N) is 2. The van der Waals surface area contributed by atoms with Crippen LogP contribution in [0.25, 0.3) is 0 Å². The van der Waals surface area contributed by atoms with Gasteiger partial charge in [-0.05, 0) is 31.5 Å². The average Bonchev–Trinajstić information content (AvgIpc) is 2.60. The van der Waals surface area contributed by atoms with Gasteiger partial charge in [0.25, 0.3) is 0 Å². The predicted octanol–water partition coefficient (Wildman–Crippen LogP) is 2.47. The molecule has 0 amide bonds. The van der Waals surface area contributed by atoms with Gasteiger partial charge in [0, 0.05) is 47.0 Å². The maximum Gasteiger partial charge on any atom is 0.191 e. The Labute approximate surface area is 175 Å². The summed E-state index contributed by atoms with van der Waals surface area (Å²) < 4.78 is 10.3. The molecule has 0 radical (unpaired) electrons. The van der Waals surface area contributed by atoms with Gasteiger partial charge in [0.05, 0.1) is 13.2 Å². The van der Waals surface area contributed by atoms with Crippen LogP contribution in [0.1, 0.15) is 24.5 Å². The number of likely N-dealkylation sites (N-methyl/N-ethyl adjacent to an activating group) is 1. The summed E-state index contributed by atoms with van der Waals surface area (Å²) in [5, 5.41) is 6.69. The van der Waals surface area contributed by atoms with Crippen molar-refractivity contribution in [1.82, 2.24) is 15.5 Å². The van der Waals surface area contributed by atoms with Crippen LogP contribution in [0.5, 0.6) is 0 Å². The summed E-state index contributed by atoms with van der Waals surface area (Å²) in [7, 11) is 5.58. The minimum Gasteiger partial charge on any atom is -0.385 e. The van der Waals surface area contributed by atoms with Gasteiger partial charge in [-0.15, -0.1) is 24.0 Å². The van der Waals surface area contributed by atoms with E-state index in [1.165, 1.54) is 11.1 Å². The molecule has 0 atom stereocenters. The van der Waals surface area contributed by atoms with Crippen molar-refractivity contribution in [3.05, 3.63) is 35.4 Å². The Hall–Kier alpha value is -0.900. The zero-order valence-electron chi connectivity index (χ0n) is 16.6. The zero-order valence-corrected chi connectivity index (χ0v) is 18.9. The Morgan fingerprint density at radius 2 is 1.88 bits per heavy atom. The van der Waals surface area contributed by atoms with Crippen LogP contribution in [0.15, 0.2) is 29.3 Å². The quantitative estimate of drug-likeness (QED) is 0.209. The maximum atomic E-state index is 5.18. The van der Waals surface area contributed by atoms with Crippen LogP contribution in [-0.4, -0.2) is 64.9 Å². The first-order valence-corrected chi connectivity index (χ1v) is 8.96. The van der Waals surface area contributed by atoms with Crippen molar-refractivity contribution in [3.63, 3.8) is 0 Å². The highest BCUT2D eigenvalue weighted by atomic mass is 127. The lowest BCUT2D eigenvalue weighted by Gasteiger charge is -2.18. The number of ether oxygens (including phenoxy) is 2. The van der Waals surface area contributed by atoms with Gasteiger partial charge < -0.3 is 25.0 Å². The highest BCUT2D eigenvalue weighted by Crippen LogP contribution is 2.07. The van der Waals surface area contributed by atoms with Crippen LogP contribution in [0, 0.1) is 0 Å². The van der Waals surface area contributed by atoms with Gasteiger partial charge in [-0.2, -0.15) is 0 Å². The van der Waals surface area contributed by atoms with Crippen LogP contribution >= 0.6 is 24.0 Å². The Morgan fingerprint density at radius 1 is 1.12 bits per heavy atom. The van der Waals surface area contributed by atoms with Crippen molar-refractivity contribution in [2.45, 2.75) is 26.5 Å². The van der Waals surface area contributed by atoms with E-state index in [1.54, 1.807) is 14.2 Å². The fourth-order valence-electron chi connectivity index (χ4n) is 2.45. The molecule has 0 spiro atoms. The number of guanidine groups is 1. The van der Waals surface area contributed by atoms with Crippen LogP contribution < -0.4 is 10.6 Å². The van der Waals surface area contributed by atoms with Crippen molar-refractivity contribution >= 4 is 29.9 Å². The lowest BCUT2D eigenvalue weighted by Crippen LogP contribution is -2.41. The number of rotatable bonds is 12. The van der Waals surface area contributed by atoms with Gasteiger partial charge in [0.2, 0.25) is 0 Å². The molecule has 0 aromatic heterocycles. The predicted molar refractivity (Wildman–Crippen MR) is 119 cm³/mol. The third-order valence-electron chi connectivity index (χ3n) is 3.74. The zero-order chi connectivity index (χ0) is 18.3. The summed E-state index contributed by atoms with van der Waals surface area (Å²) in [5.41, 5.74) is 2.36. The van der Waals surface area contributed by atoms with E-state index in [-0.39, 0.29) is 24.0 Å². The average molecular weight is 478 g/mol. The molecule has 2 N–H and O–H groups in total. The summed E-state index contributed by atoms with van der Waals surface area (Å²) in [4.78, 5) is 6.97. The van der Waals surface area contributed by atoms with Gasteiger partial charge >= 0.3 is 0 Å². The molecular weight excluding hydrogens is 443 g/mol. The van der Waals surface area contributed by atoms with Crippen LogP contribution in [0.4, 0.5) is 0 Å². The standard InChI is InChI=1S/C19H34N4O2.HI/c1-5-20-19(21-10-12-23(2)11-7-13-24-3)22-15-17-8-6-9-18(14-17)16-25-4;/h6,8-9,14H,5,7,10-13,15-16H2,1-4H3,(H2,20,21,22);1H. The summed E-state index contributed by atoms with van der Waals surface area (Å²) in [6.45, 7) is 7.88. The molecule has 0 aliphatic carbocycles. The summed E-state index contributed by atoms with van der Waals surface area (Å²) in [6.07, 6.45) is 1.05. The Bertz CT molecular complexity index is 500. The number of benzene rings is 1. The number of aliphatic imine (C=N–C) groups is 1. The maximum absolute atomic E-state index is 5.18. The first kappa shape index (κ1) is 25.1. The number of halogens is 1. The molecule has 6 nitrogen and oxygen atoms in total. The van der Waals surface area contributed by atoms with Gasteiger partial charge in [-0.25, -0.2) is 4.99 Å². The van der Waals surface area contributed by atoms with E-state index in [4.69, 9.17) is 9.47 Å². The highest BCUT2D eigenvalue weighted by Gasteiger charge is 2.01. The number of hydrogen-bond acceptors (Lipinski definition) is 4. The van der Waals surface area contributed by atoms with Crippen LogP contribution in [-0.2, 0) is 22.6 Å². The molecule has 0 aliphatic rings. The number of hydrogen-bond donors (Lipinski definition) is 2. The highest BCUT2D eigenvalue weighted by molar-refractivity contribution is 14.0. The molecule has 0 saturated carbocycles. The number of nitrogens with one attached hydrogen (secondary N) is 2. The smallest absolute Gasteiger partial charge is 0.191 e. The molecule has 0 bridgehead atoms. The SMILES string of the molecule is CCNC(=NCc1cccc(COC)c1)NCCN(C)CCCOC.I. The van der Waals surface area contributed by atoms with E-state index in [1.807, 2.05) is 0 Å². The summed E-state index contributed by atoms with van der Waals surface area (Å²) in [6, 6.07) is 8.35. The number of methoxy groups -OCH3 is 2. The van der Waals surface area contributed by atoms with Crippen molar-refractivity contribution in [1.29, 1.82) is 0 Å². The van der Waals surface area contributed by atoms with E-state index in [0.717, 1.165) is 45.2 Å². The fraction of sp³-hybridized carbons (Fsp3) is 0.632. The molecule has 0 aliphatic heterocycles. The normalized spacial score (nSPS) is 11.3. The third kappa shape index (κ3) is 11.7. The second-order valence-corrected chi connectivity index (χ2v) is 6.02. The minimum atomic E-state index is 0. The molecule has 0 fully saturated rings. The largest absolute Gasteiger partial charge is 0.385 e. The molecule has 1 aromatic rings. The molecule has 1 aromatic carbocycles. The van der Waals surface area contributed by atoms with Crippen LogP contribution in [0.3, 0.4) is 0 Å². The van der Waals surface area contributed by atoms with E-state index >= 15 is 0 Å². The third-order valence-corrected chi connectivity index (χ3v) is 3.74.